The molecule has 0 fully saturated rings. The quantitative estimate of drug-likeness (QED) is 0.842. The van der Waals surface area contributed by atoms with Gasteiger partial charge in [-0.15, -0.1) is 0 Å². The standard InChI is InChI=1S/C13H14F2O3/c1-2-18-11(16)13(14,15)12(17)8-7-9-5-3-4-6-10(9)12/h3-6,17H,2,7-8H2,1H3/t12-/m0/s1. The van der Waals surface area contributed by atoms with Gasteiger partial charge in [0.1, 0.15) is 0 Å². The molecule has 0 spiro atoms. The molecule has 0 aromatic heterocycles. The van der Waals surface area contributed by atoms with Crippen LogP contribution >= 0.6 is 0 Å². The fourth-order valence-electron chi connectivity index (χ4n) is 2.31. The van der Waals surface area contributed by atoms with E-state index in [4.69, 9.17) is 0 Å². The first-order valence-electron chi connectivity index (χ1n) is 5.79. The van der Waals surface area contributed by atoms with Crippen LogP contribution < -0.4 is 0 Å². The summed E-state index contributed by atoms with van der Waals surface area (Å²) in [5.41, 5.74) is -1.71. The van der Waals surface area contributed by atoms with E-state index in [0.29, 0.717) is 12.0 Å². The monoisotopic (exact) mass is 256 g/mol. The lowest BCUT2D eigenvalue weighted by molar-refractivity contribution is -0.216. The summed E-state index contributed by atoms with van der Waals surface area (Å²) >= 11 is 0. The number of halogens is 2. The van der Waals surface area contributed by atoms with Gasteiger partial charge in [0, 0.05) is 0 Å². The molecular weight excluding hydrogens is 242 g/mol. The summed E-state index contributed by atoms with van der Waals surface area (Å²) < 4.78 is 32.4. The lowest BCUT2D eigenvalue weighted by Crippen LogP contribution is -2.50. The number of rotatable bonds is 3. The molecule has 1 atom stereocenters. The maximum Gasteiger partial charge on any atom is 0.380 e. The zero-order valence-electron chi connectivity index (χ0n) is 9.95. The van der Waals surface area contributed by atoms with Crippen LogP contribution in [0.2, 0.25) is 0 Å². The van der Waals surface area contributed by atoms with E-state index in [1.807, 2.05) is 0 Å². The van der Waals surface area contributed by atoms with Crippen molar-refractivity contribution in [2.45, 2.75) is 31.3 Å². The van der Waals surface area contributed by atoms with Crippen molar-refractivity contribution in [2.24, 2.45) is 0 Å². The van der Waals surface area contributed by atoms with E-state index in [-0.39, 0.29) is 18.6 Å². The predicted molar refractivity (Wildman–Crippen MR) is 60.2 cm³/mol. The summed E-state index contributed by atoms with van der Waals surface area (Å²) in [7, 11) is 0. The van der Waals surface area contributed by atoms with Crippen LogP contribution in [-0.2, 0) is 21.6 Å². The topological polar surface area (TPSA) is 46.5 Å². The van der Waals surface area contributed by atoms with Crippen molar-refractivity contribution < 1.29 is 23.4 Å². The molecule has 3 nitrogen and oxygen atoms in total. The molecule has 0 radical (unpaired) electrons. The van der Waals surface area contributed by atoms with Gasteiger partial charge < -0.3 is 9.84 Å². The first-order valence-corrected chi connectivity index (χ1v) is 5.79. The number of hydrogen-bond donors (Lipinski definition) is 1. The minimum atomic E-state index is -3.93. The van der Waals surface area contributed by atoms with Gasteiger partial charge in [-0.25, -0.2) is 4.79 Å². The summed E-state index contributed by atoms with van der Waals surface area (Å²) in [6.07, 6.45) is 0.139. The van der Waals surface area contributed by atoms with Crippen molar-refractivity contribution in [2.75, 3.05) is 6.61 Å². The van der Waals surface area contributed by atoms with Gasteiger partial charge >= 0.3 is 11.9 Å². The van der Waals surface area contributed by atoms with E-state index < -0.39 is 17.5 Å². The second-order valence-corrected chi connectivity index (χ2v) is 4.31. The van der Waals surface area contributed by atoms with Gasteiger partial charge in [0.25, 0.3) is 0 Å². The Kier molecular flexibility index (Phi) is 3.11. The van der Waals surface area contributed by atoms with Crippen LogP contribution in [-0.4, -0.2) is 23.6 Å². The number of aliphatic hydroxyl groups is 1. The third-order valence-corrected chi connectivity index (χ3v) is 3.27. The third kappa shape index (κ3) is 1.70. The van der Waals surface area contributed by atoms with Gasteiger partial charge in [-0.1, -0.05) is 24.3 Å². The second kappa shape index (κ2) is 4.31. The van der Waals surface area contributed by atoms with E-state index in [0.717, 1.165) is 0 Å². The van der Waals surface area contributed by atoms with Gasteiger partial charge in [0.05, 0.1) is 6.61 Å². The van der Waals surface area contributed by atoms with Gasteiger partial charge in [-0.05, 0) is 30.9 Å². The fourth-order valence-corrected chi connectivity index (χ4v) is 2.31. The van der Waals surface area contributed by atoms with Crippen LogP contribution in [0.15, 0.2) is 24.3 Å². The SMILES string of the molecule is CCOC(=O)C(F)(F)[C@]1(O)CCc2ccccc21. The number of benzene rings is 1. The fraction of sp³-hybridized carbons (Fsp3) is 0.462. The number of ether oxygens (including phenoxy) is 1. The van der Waals surface area contributed by atoms with Crippen LogP contribution in [0.1, 0.15) is 24.5 Å². The van der Waals surface area contributed by atoms with Crippen molar-refractivity contribution in [3.63, 3.8) is 0 Å². The molecule has 1 aromatic rings. The summed E-state index contributed by atoms with van der Waals surface area (Å²) in [5.74, 6) is -5.61. The van der Waals surface area contributed by atoms with Crippen LogP contribution in [0.5, 0.6) is 0 Å². The smallest absolute Gasteiger partial charge is 0.380 e. The maximum absolute atomic E-state index is 14.0. The molecule has 0 heterocycles. The average Bonchev–Trinajstić information content (AvgIpc) is 2.70. The largest absolute Gasteiger partial charge is 0.461 e. The van der Waals surface area contributed by atoms with Gasteiger partial charge in [-0.3, -0.25) is 0 Å². The molecule has 1 N–H and O–H groups in total. The van der Waals surface area contributed by atoms with E-state index in [9.17, 15) is 18.7 Å². The Labute approximate surface area is 103 Å². The number of esters is 1. The number of carbonyl (C=O) groups is 1. The van der Waals surface area contributed by atoms with Crippen LogP contribution in [0.4, 0.5) is 8.78 Å². The van der Waals surface area contributed by atoms with E-state index in [2.05, 4.69) is 4.74 Å². The average molecular weight is 256 g/mol. The number of carbonyl (C=O) groups excluding carboxylic acids is 1. The highest BCUT2D eigenvalue weighted by Gasteiger charge is 2.62. The predicted octanol–water partition coefficient (Wildman–Crippen LogP) is 2.02. The summed E-state index contributed by atoms with van der Waals surface area (Å²) in [5, 5.41) is 10.2. The van der Waals surface area contributed by atoms with E-state index >= 15 is 0 Å². The molecule has 2 rings (SSSR count). The van der Waals surface area contributed by atoms with E-state index in [1.165, 1.54) is 13.0 Å². The molecule has 0 amide bonds. The molecule has 5 heteroatoms. The molecular formula is C13H14F2O3. The minimum absolute atomic E-state index is 0.114. The zero-order chi connectivity index (χ0) is 13.4. The Morgan fingerprint density at radius 3 is 2.83 bits per heavy atom. The van der Waals surface area contributed by atoms with Crippen molar-refractivity contribution in [3.05, 3.63) is 35.4 Å². The molecule has 0 unspecified atom stereocenters. The molecule has 98 valence electrons. The number of hydrogen-bond acceptors (Lipinski definition) is 3. The van der Waals surface area contributed by atoms with E-state index in [1.54, 1.807) is 18.2 Å². The highest BCUT2D eigenvalue weighted by Crippen LogP contribution is 2.47. The summed E-state index contributed by atoms with van der Waals surface area (Å²) in [6, 6.07) is 6.38. The van der Waals surface area contributed by atoms with Gasteiger partial charge in [0.2, 0.25) is 0 Å². The Bertz CT molecular complexity index is 473. The Morgan fingerprint density at radius 2 is 2.17 bits per heavy atom. The third-order valence-electron chi connectivity index (χ3n) is 3.27. The minimum Gasteiger partial charge on any atom is -0.461 e. The molecule has 0 saturated carbocycles. The first kappa shape index (κ1) is 13.0. The Hall–Kier alpha value is -1.49. The lowest BCUT2D eigenvalue weighted by atomic mass is 9.89. The Morgan fingerprint density at radius 1 is 1.50 bits per heavy atom. The normalized spacial score (nSPS) is 22.7. The van der Waals surface area contributed by atoms with Crippen molar-refractivity contribution in [1.82, 2.24) is 0 Å². The number of fused-ring (bicyclic) bond motifs is 1. The first-order chi connectivity index (χ1) is 8.43. The van der Waals surface area contributed by atoms with Gasteiger partial charge in [0.15, 0.2) is 5.60 Å². The molecule has 1 aromatic carbocycles. The number of alkyl halides is 2. The van der Waals surface area contributed by atoms with Crippen molar-refractivity contribution in [1.29, 1.82) is 0 Å². The lowest BCUT2D eigenvalue weighted by Gasteiger charge is -2.31. The molecule has 0 saturated heterocycles. The molecule has 0 aliphatic heterocycles. The van der Waals surface area contributed by atoms with Gasteiger partial charge in [-0.2, -0.15) is 8.78 Å². The van der Waals surface area contributed by atoms with Crippen molar-refractivity contribution in [3.8, 4) is 0 Å². The second-order valence-electron chi connectivity index (χ2n) is 4.31. The highest BCUT2D eigenvalue weighted by atomic mass is 19.3. The molecule has 1 aliphatic rings. The molecule has 18 heavy (non-hydrogen) atoms. The van der Waals surface area contributed by atoms with Crippen LogP contribution in [0, 0.1) is 0 Å². The Balaban J connectivity index is 2.42. The summed E-state index contributed by atoms with van der Waals surface area (Å²) in [6.45, 7) is 1.30. The number of aryl methyl sites for hydroxylation is 1. The van der Waals surface area contributed by atoms with Crippen molar-refractivity contribution >= 4 is 5.97 Å². The maximum atomic E-state index is 14.0. The zero-order valence-corrected chi connectivity index (χ0v) is 9.95. The van der Waals surface area contributed by atoms with Crippen LogP contribution in [0.3, 0.4) is 0 Å². The highest BCUT2D eigenvalue weighted by molar-refractivity contribution is 5.80. The molecule has 0 bridgehead atoms. The summed E-state index contributed by atoms with van der Waals surface area (Å²) in [4.78, 5) is 11.3. The molecule has 1 aliphatic carbocycles. The van der Waals surface area contributed by atoms with Crippen LogP contribution in [0.25, 0.3) is 0 Å².